The van der Waals surface area contributed by atoms with Gasteiger partial charge in [0.05, 0.1) is 16.9 Å². The molecule has 0 atom stereocenters. The van der Waals surface area contributed by atoms with Crippen LogP contribution in [0.15, 0.2) is 47.4 Å². The number of rotatable bonds is 7. The van der Waals surface area contributed by atoms with Gasteiger partial charge in [0.15, 0.2) is 18.1 Å². The summed E-state index contributed by atoms with van der Waals surface area (Å²) in [6.07, 6.45) is 1.54. The quantitative estimate of drug-likeness (QED) is 0.389. The summed E-state index contributed by atoms with van der Waals surface area (Å²) in [6.45, 7) is -0.319. The summed E-state index contributed by atoms with van der Waals surface area (Å²) in [5.74, 6) is -0.290. The maximum atomic E-state index is 12.1. The van der Waals surface area contributed by atoms with Crippen LogP contribution in [-0.2, 0) is 9.59 Å². The number of benzene rings is 2. The molecule has 0 bridgehead atoms. The Bertz CT molecular complexity index is 1050. The lowest BCUT2D eigenvalue weighted by Crippen LogP contribution is -2.20. The summed E-state index contributed by atoms with van der Waals surface area (Å²) >= 11 is 0.803. The van der Waals surface area contributed by atoms with E-state index in [0.29, 0.717) is 22.7 Å². The minimum atomic E-state index is -0.531. The van der Waals surface area contributed by atoms with Gasteiger partial charge in [-0.25, -0.2) is 0 Å². The Morgan fingerprint density at radius 2 is 1.93 bits per heavy atom. The maximum absolute atomic E-state index is 12.1. The largest absolute Gasteiger partial charge is 0.493 e. The maximum Gasteiger partial charge on any atom is 0.290 e. The zero-order valence-corrected chi connectivity index (χ0v) is 16.4. The van der Waals surface area contributed by atoms with Crippen LogP contribution in [0.4, 0.5) is 16.2 Å². The Kier molecular flexibility index (Phi) is 6.32. The van der Waals surface area contributed by atoms with Crippen LogP contribution in [-0.4, -0.2) is 35.7 Å². The van der Waals surface area contributed by atoms with Gasteiger partial charge in [0.25, 0.3) is 22.7 Å². The molecule has 3 rings (SSSR count). The number of nitrogens with one attached hydrogen (secondary N) is 2. The van der Waals surface area contributed by atoms with Crippen LogP contribution in [0.2, 0.25) is 0 Å². The second kappa shape index (κ2) is 9.09. The molecule has 2 N–H and O–H groups in total. The second-order valence-corrected chi connectivity index (χ2v) is 6.92. The molecule has 11 heteroatoms. The Labute approximate surface area is 174 Å². The molecule has 1 fully saturated rings. The smallest absolute Gasteiger partial charge is 0.290 e. The lowest BCUT2D eigenvalue weighted by molar-refractivity contribution is -0.384. The van der Waals surface area contributed by atoms with E-state index in [0.717, 1.165) is 11.8 Å². The average molecular weight is 429 g/mol. The molecule has 30 heavy (non-hydrogen) atoms. The molecule has 0 aromatic heterocycles. The summed E-state index contributed by atoms with van der Waals surface area (Å²) in [6, 6.07) is 10.2. The van der Waals surface area contributed by atoms with Gasteiger partial charge in [-0.15, -0.1) is 0 Å². The van der Waals surface area contributed by atoms with E-state index in [2.05, 4.69) is 10.6 Å². The number of carbonyl (C=O) groups excluding carboxylic acids is 3. The van der Waals surface area contributed by atoms with Gasteiger partial charge in [-0.1, -0.05) is 6.07 Å². The minimum absolute atomic E-state index is 0.0816. The SMILES string of the molecule is COc1cc(/C=C2\SC(=O)NC2=O)ccc1OCC(=O)Nc1ccc([N+](=O)[O-])cc1. The number of carbonyl (C=O) groups is 3. The third kappa shape index (κ3) is 5.14. The minimum Gasteiger partial charge on any atom is -0.493 e. The van der Waals surface area contributed by atoms with Crippen molar-refractivity contribution in [1.82, 2.24) is 5.32 Å². The van der Waals surface area contributed by atoms with Crippen molar-refractivity contribution in [2.75, 3.05) is 19.0 Å². The molecule has 10 nitrogen and oxygen atoms in total. The van der Waals surface area contributed by atoms with Crippen LogP contribution in [0.25, 0.3) is 6.08 Å². The highest BCUT2D eigenvalue weighted by Gasteiger charge is 2.25. The molecule has 3 amide bonds. The molecule has 0 radical (unpaired) electrons. The number of hydrogen-bond donors (Lipinski definition) is 2. The molecule has 1 heterocycles. The van der Waals surface area contributed by atoms with E-state index in [4.69, 9.17) is 9.47 Å². The Morgan fingerprint density at radius 1 is 1.20 bits per heavy atom. The molecule has 1 saturated heterocycles. The number of hydrogen-bond acceptors (Lipinski definition) is 8. The van der Waals surface area contributed by atoms with E-state index in [1.54, 1.807) is 24.3 Å². The number of nitro benzene ring substituents is 1. The van der Waals surface area contributed by atoms with Gasteiger partial charge in [-0.2, -0.15) is 0 Å². The zero-order chi connectivity index (χ0) is 21.7. The number of amides is 3. The molecule has 0 aliphatic carbocycles. The Balaban J connectivity index is 1.62. The van der Waals surface area contributed by atoms with E-state index in [1.165, 1.54) is 31.4 Å². The molecule has 1 aliphatic rings. The predicted molar refractivity (Wildman–Crippen MR) is 109 cm³/mol. The van der Waals surface area contributed by atoms with E-state index in [1.807, 2.05) is 0 Å². The van der Waals surface area contributed by atoms with Crippen molar-refractivity contribution in [1.29, 1.82) is 0 Å². The van der Waals surface area contributed by atoms with Crippen LogP contribution in [0.3, 0.4) is 0 Å². The van der Waals surface area contributed by atoms with E-state index in [9.17, 15) is 24.5 Å². The van der Waals surface area contributed by atoms with Crippen molar-refractivity contribution in [3.8, 4) is 11.5 Å². The van der Waals surface area contributed by atoms with Crippen molar-refractivity contribution in [3.63, 3.8) is 0 Å². The number of imide groups is 1. The molecule has 2 aromatic rings. The first-order valence-electron chi connectivity index (χ1n) is 8.45. The highest BCUT2D eigenvalue weighted by atomic mass is 32.2. The van der Waals surface area contributed by atoms with Crippen LogP contribution >= 0.6 is 11.8 Å². The van der Waals surface area contributed by atoms with Gasteiger partial charge in [0, 0.05) is 17.8 Å². The van der Waals surface area contributed by atoms with E-state index >= 15 is 0 Å². The first kappa shape index (κ1) is 20.9. The Morgan fingerprint density at radius 3 is 2.53 bits per heavy atom. The number of anilines is 1. The number of thioether (sulfide) groups is 1. The monoisotopic (exact) mass is 429 g/mol. The van der Waals surface area contributed by atoms with Gasteiger partial charge in [-0.3, -0.25) is 29.8 Å². The summed E-state index contributed by atoms with van der Waals surface area (Å²) in [4.78, 5) is 45.3. The van der Waals surface area contributed by atoms with Gasteiger partial charge < -0.3 is 14.8 Å². The summed E-state index contributed by atoms with van der Waals surface area (Å²) < 4.78 is 10.7. The fourth-order valence-electron chi connectivity index (χ4n) is 2.47. The van der Waals surface area contributed by atoms with Crippen molar-refractivity contribution < 1.29 is 28.8 Å². The van der Waals surface area contributed by atoms with Crippen molar-refractivity contribution in [2.24, 2.45) is 0 Å². The van der Waals surface area contributed by atoms with E-state index in [-0.39, 0.29) is 17.2 Å². The van der Waals surface area contributed by atoms with Gasteiger partial charge in [0.2, 0.25) is 0 Å². The molecular formula is C19H15N3O7S. The predicted octanol–water partition coefficient (Wildman–Crippen LogP) is 2.94. The average Bonchev–Trinajstić information content (AvgIpc) is 3.03. The molecule has 2 aromatic carbocycles. The number of nitrogens with zero attached hydrogens (tertiary/aromatic N) is 1. The van der Waals surface area contributed by atoms with Crippen molar-refractivity contribution in [2.45, 2.75) is 0 Å². The van der Waals surface area contributed by atoms with Gasteiger partial charge in [-0.05, 0) is 47.7 Å². The molecule has 0 spiro atoms. The second-order valence-electron chi connectivity index (χ2n) is 5.90. The molecule has 154 valence electrons. The number of non-ortho nitro benzene ring substituents is 1. The van der Waals surface area contributed by atoms with E-state index < -0.39 is 22.0 Å². The van der Waals surface area contributed by atoms with Crippen molar-refractivity contribution >= 4 is 46.3 Å². The summed E-state index contributed by atoms with van der Waals surface area (Å²) in [5, 5.41) is 15.0. The third-order valence-corrected chi connectivity index (χ3v) is 4.66. The zero-order valence-electron chi connectivity index (χ0n) is 15.5. The van der Waals surface area contributed by atoms with Crippen LogP contribution in [0, 0.1) is 10.1 Å². The molecular weight excluding hydrogens is 414 g/mol. The molecule has 1 aliphatic heterocycles. The normalized spacial score (nSPS) is 14.4. The summed E-state index contributed by atoms with van der Waals surface area (Å²) in [7, 11) is 1.43. The fraction of sp³-hybridized carbons (Fsp3) is 0.105. The highest BCUT2D eigenvalue weighted by molar-refractivity contribution is 8.18. The first-order valence-corrected chi connectivity index (χ1v) is 9.27. The van der Waals surface area contributed by atoms with Crippen LogP contribution in [0.1, 0.15) is 5.56 Å². The van der Waals surface area contributed by atoms with Gasteiger partial charge >= 0.3 is 0 Å². The summed E-state index contributed by atoms with van der Waals surface area (Å²) in [5.41, 5.74) is 0.925. The number of ether oxygens (including phenoxy) is 2. The Hall–Kier alpha value is -3.86. The highest BCUT2D eigenvalue weighted by Crippen LogP contribution is 2.31. The first-order chi connectivity index (χ1) is 14.4. The van der Waals surface area contributed by atoms with Gasteiger partial charge in [0.1, 0.15) is 0 Å². The van der Waals surface area contributed by atoms with Crippen LogP contribution < -0.4 is 20.1 Å². The molecule has 0 saturated carbocycles. The number of methoxy groups -OCH3 is 1. The van der Waals surface area contributed by atoms with Crippen molar-refractivity contribution in [3.05, 3.63) is 63.0 Å². The lowest BCUT2D eigenvalue weighted by Gasteiger charge is -2.11. The lowest BCUT2D eigenvalue weighted by atomic mass is 10.2. The topological polar surface area (TPSA) is 137 Å². The third-order valence-electron chi connectivity index (χ3n) is 3.85. The molecule has 0 unspecified atom stereocenters. The standard InChI is InChI=1S/C19H15N3O7S/c1-28-15-8-11(9-16-18(24)21-19(25)30-16)2-7-14(15)29-10-17(23)20-12-3-5-13(6-4-12)22(26)27/h2-9H,10H2,1H3,(H,20,23)(H,21,24,25)/b16-9-. The van der Waals surface area contributed by atoms with Crippen LogP contribution in [0.5, 0.6) is 11.5 Å². The fourth-order valence-corrected chi connectivity index (χ4v) is 3.15. The number of nitro groups is 1.